The van der Waals surface area contributed by atoms with E-state index >= 15 is 0 Å². The number of pyridine rings is 1. The summed E-state index contributed by atoms with van der Waals surface area (Å²) in [6.07, 6.45) is 7.39. The summed E-state index contributed by atoms with van der Waals surface area (Å²) in [5, 5.41) is 14.4. The molecule has 2 aromatic rings. The highest BCUT2D eigenvalue weighted by molar-refractivity contribution is 5.99. The first kappa shape index (κ1) is 23.7. The molecule has 2 amide bonds. The number of unbranched alkanes of at least 4 members (excludes halogenated alkanes) is 1. The van der Waals surface area contributed by atoms with E-state index in [-0.39, 0.29) is 17.9 Å². The summed E-state index contributed by atoms with van der Waals surface area (Å²) < 4.78 is 41.5. The Balaban J connectivity index is 1.95. The van der Waals surface area contributed by atoms with Gasteiger partial charge in [0, 0.05) is 43.9 Å². The number of aromatic hydroxyl groups is 1. The van der Waals surface area contributed by atoms with Gasteiger partial charge in [-0.1, -0.05) is 0 Å². The highest BCUT2D eigenvalue weighted by Gasteiger charge is 2.33. The largest absolute Gasteiger partial charge is 0.502 e. The molecule has 8 nitrogen and oxygen atoms in total. The number of carbonyl (C=O) groups is 2. The van der Waals surface area contributed by atoms with Crippen LogP contribution in [0.15, 0.2) is 23.1 Å². The number of benzene rings is 1. The first-order chi connectivity index (χ1) is 15.7. The highest BCUT2D eigenvalue weighted by Crippen LogP contribution is 2.21. The Morgan fingerprint density at radius 3 is 2.58 bits per heavy atom. The number of hydrogen-bond acceptors (Lipinski definition) is 5. The molecule has 0 fully saturated rings. The van der Waals surface area contributed by atoms with Crippen molar-refractivity contribution in [3.05, 3.63) is 62.8 Å². The minimum Gasteiger partial charge on any atom is -0.502 e. The fraction of sp³-hybridized carbons (Fsp3) is 0.318. The van der Waals surface area contributed by atoms with Gasteiger partial charge in [-0.05, 0) is 19.4 Å². The summed E-state index contributed by atoms with van der Waals surface area (Å²) in [6.45, 7) is 2.01. The quantitative estimate of drug-likeness (QED) is 0.371. The van der Waals surface area contributed by atoms with E-state index in [1.54, 1.807) is 11.9 Å². The van der Waals surface area contributed by atoms with E-state index < -0.39 is 52.6 Å². The van der Waals surface area contributed by atoms with Crippen LogP contribution in [0.4, 0.5) is 13.2 Å². The third-order valence-electron chi connectivity index (χ3n) is 5.19. The standard InChI is InChI=1S/C22H21F3N4O4/c1-3-5-6-7-28-12-27(4-2)22(33)18-20(31)19(30)14(11-29(18)28)21(32)26-10-13-8-16(24)17(25)9-15(13)23/h1,8-9,11,31H,4-7,10,12H2,2H3,(H,26,32). The predicted molar refractivity (Wildman–Crippen MR) is 113 cm³/mol. The second-order valence-corrected chi connectivity index (χ2v) is 7.29. The molecule has 2 heterocycles. The average Bonchev–Trinajstić information content (AvgIpc) is 2.78. The van der Waals surface area contributed by atoms with Crippen molar-refractivity contribution in [2.75, 3.05) is 24.8 Å². The SMILES string of the molecule is C#CCCCN1CN(CC)C(=O)c2c(O)c(=O)c(C(=O)NCc3cc(F)c(F)cc3F)cn21. The van der Waals surface area contributed by atoms with Crippen molar-refractivity contribution in [2.24, 2.45) is 0 Å². The molecule has 11 heteroatoms. The number of rotatable bonds is 7. The lowest BCUT2D eigenvalue weighted by Crippen LogP contribution is -2.54. The van der Waals surface area contributed by atoms with Gasteiger partial charge in [0.15, 0.2) is 23.1 Å². The van der Waals surface area contributed by atoms with E-state index in [4.69, 9.17) is 6.42 Å². The molecule has 3 rings (SSSR count). The van der Waals surface area contributed by atoms with Gasteiger partial charge in [0.05, 0.1) is 0 Å². The molecule has 0 saturated heterocycles. The van der Waals surface area contributed by atoms with Crippen molar-refractivity contribution in [3.8, 4) is 18.1 Å². The third-order valence-corrected chi connectivity index (χ3v) is 5.19. The molecule has 33 heavy (non-hydrogen) atoms. The lowest BCUT2D eigenvalue weighted by molar-refractivity contribution is 0.0695. The lowest BCUT2D eigenvalue weighted by Gasteiger charge is -2.39. The Morgan fingerprint density at radius 2 is 1.91 bits per heavy atom. The Morgan fingerprint density at radius 1 is 1.21 bits per heavy atom. The average molecular weight is 462 g/mol. The van der Waals surface area contributed by atoms with Gasteiger partial charge < -0.3 is 15.3 Å². The van der Waals surface area contributed by atoms with Gasteiger partial charge in [-0.2, -0.15) is 0 Å². The summed E-state index contributed by atoms with van der Waals surface area (Å²) in [4.78, 5) is 39.4. The van der Waals surface area contributed by atoms with Crippen LogP contribution in [0.5, 0.6) is 5.75 Å². The van der Waals surface area contributed by atoms with Crippen molar-refractivity contribution in [2.45, 2.75) is 26.3 Å². The maximum Gasteiger partial charge on any atom is 0.277 e. The number of amides is 2. The lowest BCUT2D eigenvalue weighted by atomic mass is 10.1. The number of terminal acetylenes is 1. The van der Waals surface area contributed by atoms with Gasteiger partial charge in [0.25, 0.3) is 11.8 Å². The van der Waals surface area contributed by atoms with Gasteiger partial charge in [-0.25, -0.2) is 13.2 Å². The van der Waals surface area contributed by atoms with Gasteiger partial charge >= 0.3 is 0 Å². The molecule has 174 valence electrons. The molecule has 1 aromatic carbocycles. The number of aromatic nitrogens is 1. The zero-order valence-electron chi connectivity index (χ0n) is 17.7. The number of hydrogen-bond donors (Lipinski definition) is 2. The van der Waals surface area contributed by atoms with Gasteiger partial charge in [0.2, 0.25) is 5.43 Å². The van der Waals surface area contributed by atoms with Crippen molar-refractivity contribution in [1.29, 1.82) is 0 Å². The molecular weight excluding hydrogens is 441 g/mol. The van der Waals surface area contributed by atoms with Crippen molar-refractivity contribution < 1.29 is 27.9 Å². The summed E-state index contributed by atoms with van der Waals surface area (Å²) in [7, 11) is 0. The van der Waals surface area contributed by atoms with Crippen LogP contribution in [0, 0.1) is 29.8 Å². The first-order valence-electron chi connectivity index (χ1n) is 10.1. The Hall–Kier alpha value is -3.94. The fourth-order valence-electron chi connectivity index (χ4n) is 3.41. The summed E-state index contributed by atoms with van der Waals surface area (Å²) >= 11 is 0. The zero-order valence-corrected chi connectivity index (χ0v) is 17.7. The Labute approximate surface area is 187 Å². The topological polar surface area (TPSA) is 94.9 Å². The molecule has 1 aliphatic rings. The zero-order chi connectivity index (χ0) is 24.3. The molecule has 2 N–H and O–H groups in total. The monoisotopic (exact) mass is 462 g/mol. The van der Waals surface area contributed by atoms with E-state index in [1.807, 2.05) is 0 Å². The minimum atomic E-state index is -1.38. The second-order valence-electron chi connectivity index (χ2n) is 7.29. The predicted octanol–water partition coefficient (Wildman–Crippen LogP) is 1.69. The minimum absolute atomic E-state index is 0.135. The summed E-state index contributed by atoms with van der Waals surface area (Å²) in [5.41, 5.74) is -2.25. The van der Waals surface area contributed by atoms with Crippen LogP contribution in [0.2, 0.25) is 0 Å². The second kappa shape index (κ2) is 9.68. The molecule has 0 radical (unpaired) electrons. The number of halogens is 3. The molecule has 1 aliphatic heterocycles. The molecule has 0 bridgehead atoms. The molecule has 0 unspecified atom stereocenters. The van der Waals surface area contributed by atoms with E-state index in [2.05, 4.69) is 11.2 Å². The highest BCUT2D eigenvalue weighted by atomic mass is 19.2. The molecule has 1 aromatic heterocycles. The number of carbonyl (C=O) groups excluding carboxylic acids is 2. The molecule has 0 aliphatic carbocycles. The van der Waals surface area contributed by atoms with Crippen LogP contribution < -0.4 is 15.8 Å². The maximum atomic E-state index is 13.8. The molecular formula is C22H21F3N4O4. The van der Waals surface area contributed by atoms with Crippen molar-refractivity contribution in [1.82, 2.24) is 14.9 Å². The molecule has 0 atom stereocenters. The maximum absolute atomic E-state index is 13.8. The van der Waals surface area contributed by atoms with Crippen LogP contribution in [0.3, 0.4) is 0 Å². The van der Waals surface area contributed by atoms with Crippen LogP contribution in [-0.2, 0) is 6.54 Å². The van der Waals surface area contributed by atoms with Crippen LogP contribution in [0.25, 0.3) is 0 Å². The normalized spacial score (nSPS) is 13.0. The van der Waals surface area contributed by atoms with Gasteiger partial charge in [-0.15, -0.1) is 12.3 Å². The van der Waals surface area contributed by atoms with Crippen LogP contribution in [-0.4, -0.2) is 46.3 Å². The van der Waals surface area contributed by atoms with Crippen LogP contribution in [0.1, 0.15) is 46.2 Å². The number of nitrogens with zero attached hydrogens (tertiary/aromatic N) is 3. The van der Waals surface area contributed by atoms with E-state index in [0.29, 0.717) is 38.1 Å². The van der Waals surface area contributed by atoms with Gasteiger partial charge in [0.1, 0.15) is 18.0 Å². The number of fused-ring (bicyclic) bond motifs is 1. The van der Waals surface area contributed by atoms with E-state index in [9.17, 15) is 32.7 Å². The van der Waals surface area contributed by atoms with Crippen molar-refractivity contribution in [3.63, 3.8) is 0 Å². The van der Waals surface area contributed by atoms with Gasteiger partial charge in [-0.3, -0.25) is 24.1 Å². The van der Waals surface area contributed by atoms with E-state index in [0.717, 1.165) is 6.20 Å². The first-order valence-corrected chi connectivity index (χ1v) is 10.1. The molecule has 0 spiro atoms. The third kappa shape index (κ3) is 4.64. The van der Waals surface area contributed by atoms with Crippen LogP contribution >= 0.6 is 0 Å². The van der Waals surface area contributed by atoms with E-state index in [1.165, 1.54) is 9.58 Å². The summed E-state index contributed by atoms with van der Waals surface area (Å²) in [6, 6.07) is 0.933. The number of nitrogens with one attached hydrogen (secondary N) is 1. The molecule has 0 saturated carbocycles. The summed E-state index contributed by atoms with van der Waals surface area (Å²) in [5.74, 6) is -3.75. The Kier molecular flexibility index (Phi) is 6.96. The smallest absolute Gasteiger partial charge is 0.277 e. The van der Waals surface area contributed by atoms with Crippen molar-refractivity contribution >= 4 is 11.8 Å². The fourth-order valence-corrected chi connectivity index (χ4v) is 3.41. The Bertz CT molecular complexity index is 1210.